The lowest BCUT2D eigenvalue weighted by Crippen LogP contribution is -2.39. The number of aromatic nitrogens is 2. The van der Waals surface area contributed by atoms with Crippen molar-refractivity contribution in [1.82, 2.24) is 14.7 Å². The monoisotopic (exact) mass is 239 g/mol. The highest BCUT2D eigenvalue weighted by atomic mass is 16.6. The van der Waals surface area contributed by atoms with Gasteiger partial charge in [-0.25, -0.2) is 0 Å². The summed E-state index contributed by atoms with van der Waals surface area (Å²) in [6, 6.07) is 0.238. The van der Waals surface area contributed by atoms with Gasteiger partial charge in [-0.15, -0.1) is 5.10 Å². The van der Waals surface area contributed by atoms with Gasteiger partial charge in [0.05, 0.1) is 4.92 Å². The van der Waals surface area contributed by atoms with Crippen LogP contribution in [0.2, 0.25) is 0 Å². The van der Waals surface area contributed by atoms with Gasteiger partial charge in [0, 0.05) is 19.6 Å². The number of aryl methyl sites for hydroxylation is 1. The lowest BCUT2D eigenvalue weighted by molar-refractivity contribution is -0.384. The molecule has 1 aromatic rings. The number of hydrogen-bond acceptors (Lipinski definition) is 5. The molecule has 0 bridgehead atoms. The number of likely N-dealkylation sites (tertiary alicyclic amines) is 1. The molecule has 1 fully saturated rings. The van der Waals surface area contributed by atoms with Gasteiger partial charge in [0.15, 0.2) is 0 Å². The van der Waals surface area contributed by atoms with Gasteiger partial charge in [0.25, 0.3) is 0 Å². The van der Waals surface area contributed by atoms with Crippen molar-refractivity contribution >= 4 is 11.5 Å². The van der Waals surface area contributed by atoms with Crippen LogP contribution in [0.25, 0.3) is 0 Å². The summed E-state index contributed by atoms with van der Waals surface area (Å²) in [5, 5.41) is 18.1. The Bertz CT molecular complexity index is 417. The first-order valence-corrected chi connectivity index (χ1v) is 5.69. The van der Waals surface area contributed by atoms with E-state index in [2.05, 4.69) is 22.4 Å². The van der Waals surface area contributed by atoms with Gasteiger partial charge in [-0.2, -0.15) is 0 Å². The molecule has 1 unspecified atom stereocenters. The van der Waals surface area contributed by atoms with Crippen LogP contribution < -0.4 is 5.32 Å². The molecular formula is C10H17N5O2. The molecule has 7 heteroatoms. The normalized spacial score (nSPS) is 21.4. The second kappa shape index (κ2) is 4.70. The average Bonchev–Trinajstić information content (AvgIpc) is 2.59. The van der Waals surface area contributed by atoms with Crippen LogP contribution in [-0.4, -0.2) is 45.8 Å². The Morgan fingerprint density at radius 2 is 2.35 bits per heavy atom. The second-order valence-electron chi connectivity index (χ2n) is 4.54. The zero-order valence-corrected chi connectivity index (χ0v) is 10.1. The van der Waals surface area contributed by atoms with E-state index in [1.165, 1.54) is 10.9 Å². The van der Waals surface area contributed by atoms with Crippen LogP contribution in [0.1, 0.15) is 12.8 Å². The molecule has 7 nitrogen and oxygen atoms in total. The van der Waals surface area contributed by atoms with Crippen molar-refractivity contribution in [3.63, 3.8) is 0 Å². The third-order valence-electron chi connectivity index (χ3n) is 2.97. The molecule has 0 aromatic carbocycles. The molecule has 1 saturated heterocycles. The first-order chi connectivity index (χ1) is 8.06. The molecule has 94 valence electrons. The van der Waals surface area contributed by atoms with E-state index in [0.717, 1.165) is 25.9 Å². The molecule has 1 aliphatic rings. The van der Waals surface area contributed by atoms with Gasteiger partial charge in [-0.3, -0.25) is 14.8 Å². The smallest absolute Gasteiger partial charge is 0.330 e. The number of nitrogens with one attached hydrogen (secondary N) is 1. The van der Waals surface area contributed by atoms with Gasteiger partial charge >= 0.3 is 5.69 Å². The summed E-state index contributed by atoms with van der Waals surface area (Å²) in [7, 11) is 3.74. The molecule has 2 rings (SSSR count). The fourth-order valence-corrected chi connectivity index (χ4v) is 2.19. The van der Waals surface area contributed by atoms with E-state index >= 15 is 0 Å². The summed E-state index contributed by atoms with van der Waals surface area (Å²) in [6.07, 6.45) is 3.56. The van der Waals surface area contributed by atoms with E-state index in [9.17, 15) is 10.1 Å². The fraction of sp³-hybridized carbons (Fsp3) is 0.700. The number of nitrogens with zero attached hydrogens (tertiary/aromatic N) is 4. The van der Waals surface area contributed by atoms with Crippen molar-refractivity contribution in [1.29, 1.82) is 0 Å². The van der Waals surface area contributed by atoms with Gasteiger partial charge < -0.3 is 10.2 Å². The van der Waals surface area contributed by atoms with Crippen LogP contribution in [0.4, 0.5) is 11.5 Å². The largest absolute Gasteiger partial charge is 0.359 e. The minimum absolute atomic E-state index is 0.0423. The van der Waals surface area contributed by atoms with E-state index in [0.29, 0.717) is 5.82 Å². The Labute approximate surface area is 99.6 Å². The van der Waals surface area contributed by atoms with Crippen LogP contribution in [0.15, 0.2) is 6.20 Å². The van der Waals surface area contributed by atoms with E-state index in [1.807, 2.05) is 0 Å². The molecule has 0 aliphatic carbocycles. The summed E-state index contributed by atoms with van der Waals surface area (Å²) < 4.78 is 1.47. The zero-order chi connectivity index (χ0) is 12.4. The first kappa shape index (κ1) is 11.8. The molecule has 0 saturated carbocycles. The van der Waals surface area contributed by atoms with Gasteiger partial charge in [0.1, 0.15) is 6.20 Å². The lowest BCUT2D eigenvalue weighted by Gasteiger charge is -2.29. The Hall–Kier alpha value is -1.63. The molecule has 0 spiro atoms. The van der Waals surface area contributed by atoms with Crippen LogP contribution >= 0.6 is 0 Å². The van der Waals surface area contributed by atoms with Crippen LogP contribution in [0.3, 0.4) is 0 Å². The van der Waals surface area contributed by atoms with E-state index < -0.39 is 4.92 Å². The fourth-order valence-electron chi connectivity index (χ4n) is 2.19. The lowest BCUT2D eigenvalue weighted by atomic mass is 10.1. The third-order valence-corrected chi connectivity index (χ3v) is 2.97. The molecule has 2 heterocycles. The highest BCUT2D eigenvalue weighted by molar-refractivity contribution is 5.55. The summed E-state index contributed by atoms with van der Waals surface area (Å²) in [4.78, 5) is 12.7. The maximum atomic E-state index is 10.8. The Kier molecular flexibility index (Phi) is 3.28. The maximum absolute atomic E-state index is 10.8. The van der Waals surface area contributed by atoms with E-state index in [4.69, 9.17) is 0 Å². The zero-order valence-electron chi connectivity index (χ0n) is 10.1. The summed E-state index contributed by atoms with van der Waals surface area (Å²) in [5.41, 5.74) is 0.0423. The number of piperidine rings is 1. The molecule has 0 amide bonds. The molecule has 1 atom stereocenters. The maximum Gasteiger partial charge on any atom is 0.330 e. The minimum Gasteiger partial charge on any atom is -0.359 e. The molecule has 1 aromatic heterocycles. The summed E-state index contributed by atoms with van der Waals surface area (Å²) in [6.45, 7) is 1.98. The van der Waals surface area contributed by atoms with Gasteiger partial charge in [-0.05, 0) is 26.4 Å². The number of rotatable bonds is 3. The van der Waals surface area contributed by atoms with Crippen molar-refractivity contribution < 1.29 is 4.92 Å². The number of likely N-dealkylation sites (N-methyl/N-ethyl adjacent to an activating group) is 1. The van der Waals surface area contributed by atoms with E-state index in [-0.39, 0.29) is 11.7 Å². The molecule has 0 radical (unpaired) electrons. The SMILES string of the molecule is CN1CCCC(Nc2nn(C)cc2[N+](=O)[O-])C1. The highest BCUT2D eigenvalue weighted by Crippen LogP contribution is 2.23. The highest BCUT2D eigenvalue weighted by Gasteiger charge is 2.23. The number of hydrogen-bond donors (Lipinski definition) is 1. The predicted molar refractivity (Wildman–Crippen MR) is 64.0 cm³/mol. The van der Waals surface area contributed by atoms with Crippen LogP contribution in [0, 0.1) is 10.1 Å². The van der Waals surface area contributed by atoms with Gasteiger partial charge in [0.2, 0.25) is 5.82 Å². The molecule has 1 aliphatic heterocycles. The Morgan fingerprint density at radius 1 is 1.59 bits per heavy atom. The average molecular weight is 239 g/mol. The summed E-state index contributed by atoms with van der Waals surface area (Å²) >= 11 is 0. The standard InChI is InChI=1S/C10H17N5O2/c1-13-5-3-4-8(6-13)11-10-9(15(16)17)7-14(2)12-10/h7-8H,3-6H2,1-2H3,(H,11,12). The van der Waals surface area contributed by atoms with Crippen LogP contribution in [-0.2, 0) is 7.05 Å². The van der Waals surface area contributed by atoms with E-state index in [1.54, 1.807) is 7.05 Å². The Balaban J connectivity index is 2.09. The number of anilines is 1. The van der Waals surface area contributed by atoms with Crippen molar-refractivity contribution in [3.8, 4) is 0 Å². The molecule has 1 N–H and O–H groups in total. The second-order valence-corrected chi connectivity index (χ2v) is 4.54. The van der Waals surface area contributed by atoms with Crippen molar-refractivity contribution in [2.24, 2.45) is 7.05 Å². The predicted octanol–water partition coefficient (Wildman–Crippen LogP) is 0.834. The first-order valence-electron chi connectivity index (χ1n) is 5.69. The molecular weight excluding hydrogens is 222 g/mol. The van der Waals surface area contributed by atoms with Gasteiger partial charge in [-0.1, -0.05) is 0 Å². The van der Waals surface area contributed by atoms with Crippen molar-refractivity contribution in [2.45, 2.75) is 18.9 Å². The quantitative estimate of drug-likeness (QED) is 0.624. The van der Waals surface area contributed by atoms with Crippen LogP contribution in [0.5, 0.6) is 0 Å². The third kappa shape index (κ3) is 2.73. The number of nitro groups is 1. The Morgan fingerprint density at radius 3 is 3.00 bits per heavy atom. The summed E-state index contributed by atoms with van der Waals surface area (Å²) in [5.74, 6) is 0.373. The minimum atomic E-state index is -0.401. The topological polar surface area (TPSA) is 76.2 Å². The van der Waals surface area contributed by atoms with Crippen molar-refractivity contribution in [3.05, 3.63) is 16.3 Å². The molecule has 17 heavy (non-hydrogen) atoms. The van der Waals surface area contributed by atoms with Crippen molar-refractivity contribution in [2.75, 3.05) is 25.5 Å².